The highest BCUT2D eigenvalue weighted by molar-refractivity contribution is 6.30. The number of nitrogens with zero attached hydrogens (tertiary/aromatic N) is 2. The Morgan fingerprint density at radius 2 is 2.28 bits per heavy atom. The minimum Gasteiger partial charge on any atom is -0.357 e. The molecule has 1 aromatic heterocycles. The van der Waals surface area contributed by atoms with E-state index in [1.165, 1.54) is 0 Å². The van der Waals surface area contributed by atoms with Crippen molar-refractivity contribution in [3.05, 3.63) is 58.9 Å². The zero-order chi connectivity index (χ0) is 13.0. The number of carbonyl (C=O) groups excluding carboxylic acids is 1. The normalized spacial score (nSPS) is 10.8. The average molecular weight is 262 g/mol. The van der Waals surface area contributed by atoms with Crippen LogP contribution in [0.3, 0.4) is 0 Å². The van der Waals surface area contributed by atoms with Crippen LogP contribution in [0.15, 0.2) is 47.8 Å². The van der Waals surface area contributed by atoms with Crippen LogP contribution in [0.5, 0.6) is 0 Å². The second-order valence-corrected chi connectivity index (χ2v) is 4.26. The topological polar surface area (TPSA) is 46.4 Å². The number of rotatable bonds is 3. The number of amides is 1. The van der Waals surface area contributed by atoms with E-state index in [4.69, 9.17) is 11.6 Å². The van der Waals surface area contributed by atoms with E-state index in [9.17, 15) is 4.79 Å². The number of carbonyl (C=O) groups is 1. The lowest BCUT2D eigenvalue weighted by molar-refractivity contribution is 0.0955. The third-order valence-electron chi connectivity index (χ3n) is 2.32. The molecular formula is C13H12ClN3O. The van der Waals surface area contributed by atoms with Crippen molar-refractivity contribution in [3.63, 3.8) is 0 Å². The molecule has 1 N–H and O–H groups in total. The van der Waals surface area contributed by atoms with E-state index in [-0.39, 0.29) is 5.91 Å². The standard InChI is InChI=1S/C13H12ClN3O/c1-17-6-5-10(9-17)8-15-16-13(18)11-3-2-4-12(14)7-11/h2-9H,1H3,(H,16,18)/b15-8-. The molecule has 0 saturated heterocycles. The van der Waals surface area contributed by atoms with Gasteiger partial charge in [-0.15, -0.1) is 0 Å². The van der Waals surface area contributed by atoms with Gasteiger partial charge in [0.15, 0.2) is 0 Å². The van der Waals surface area contributed by atoms with Gasteiger partial charge < -0.3 is 4.57 Å². The van der Waals surface area contributed by atoms with Gasteiger partial charge in [-0.1, -0.05) is 17.7 Å². The fraction of sp³-hybridized carbons (Fsp3) is 0.0769. The highest BCUT2D eigenvalue weighted by atomic mass is 35.5. The van der Waals surface area contributed by atoms with Crippen LogP contribution >= 0.6 is 11.6 Å². The smallest absolute Gasteiger partial charge is 0.271 e. The molecule has 2 rings (SSSR count). The van der Waals surface area contributed by atoms with Crippen LogP contribution in [0.2, 0.25) is 5.02 Å². The van der Waals surface area contributed by atoms with Crippen molar-refractivity contribution in [3.8, 4) is 0 Å². The zero-order valence-electron chi connectivity index (χ0n) is 9.80. The van der Waals surface area contributed by atoms with E-state index in [1.54, 1.807) is 30.5 Å². The minimum atomic E-state index is -0.287. The fourth-order valence-electron chi connectivity index (χ4n) is 1.46. The first kappa shape index (κ1) is 12.4. The molecule has 4 nitrogen and oxygen atoms in total. The van der Waals surface area contributed by atoms with Gasteiger partial charge in [0, 0.05) is 35.6 Å². The minimum absolute atomic E-state index is 0.287. The van der Waals surface area contributed by atoms with Crippen LogP contribution in [0.25, 0.3) is 0 Å². The average Bonchev–Trinajstić information content (AvgIpc) is 2.75. The molecule has 1 aromatic carbocycles. The van der Waals surface area contributed by atoms with E-state index >= 15 is 0 Å². The van der Waals surface area contributed by atoms with E-state index in [2.05, 4.69) is 10.5 Å². The summed E-state index contributed by atoms with van der Waals surface area (Å²) in [5.41, 5.74) is 3.85. The Bertz CT molecular complexity index is 589. The van der Waals surface area contributed by atoms with Gasteiger partial charge >= 0.3 is 0 Å². The molecule has 1 amide bonds. The second-order valence-electron chi connectivity index (χ2n) is 3.82. The fourth-order valence-corrected chi connectivity index (χ4v) is 1.65. The van der Waals surface area contributed by atoms with E-state index in [1.807, 2.05) is 30.1 Å². The van der Waals surface area contributed by atoms with Gasteiger partial charge in [0.2, 0.25) is 0 Å². The number of aryl methyl sites for hydroxylation is 1. The Balaban J connectivity index is 1.98. The Kier molecular flexibility index (Phi) is 3.79. The zero-order valence-corrected chi connectivity index (χ0v) is 10.6. The van der Waals surface area contributed by atoms with Crippen molar-refractivity contribution in [1.29, 1.82) is 0 Å². The lowest BCUT2D eigenvalue weighted by Crippen LogP contribution is -2.17. The Labute approximate surface area is 110 Å². The SMILES string of the molecule is Cn1ccc(/C=N\NC(=O)c2cccc(Cl)c2)c1. The van der Waals surface area contributed by atoms with Crippen LogP contribution in [-0.2, 0) is 7.05 Å². The summed E-state index contributed by atoms with van der Waals surface area (Å²) in [5.74, 6) is -0.287. The van der Waals surface area contributed by atoms with Gasteiger partial charge in [0.05, 0.1) is 6.21 Å². The van der Waals surface area contributed by atoms with Crippen molar-refractivity contribution in [1.82, 2.24) is 9.99 Å². The van der Waals surface area contributed by atoms with E-state index in [0.717, 1.165) is 5.56 Å². The summed E-state index contributed by atoms with van der Waals surface area (Å²) >= 11 is 5.80. The maximum Gasteiger partial charge on any atom is 0.271 e. The van der Waals surface area contributed by atoms with Crippen LogP contribution in [0, 0.1) is 0 Å². The molecule has 0 aliphatic heterocycles. The third-order valence-corrected chi connectivity index (χ3v) is 2.56. The molecule has 0 aliphatic rings. The predicted octanol–water partition coefficient (Wildman–Crippen LogP) is 2.44. The predicted molar refractivity (Wildman–Crippen MR) is 71.9 cm³/mol. The molecular weight excluding hydrogens is 250 g/mol. The van der Waals surface area contributed by atoms with Gasteiger partial charge in [-0.3, -0.25) is 4.79 Å². The molecule has 1 heterocycles. The maximum atomic E-state index is 11.7. The van der Waals surface area contributed by atoms with Crippen molar-refractivity contribution in [2.45, 2.75) is 0 Å². The molecule has 2 aromatic rings. The van der Waals surface area contributed by atoms with Gasteiger partial charge in [0.1, 0.15) is 0 Å². The van der Waals surface area contributed by atoms with Gasteiger partial charge in [0.25, 0.3) is 5.91 Å². The number of aromatic nitrogens is 1. The molecule has 0 saturated carbocycles. The summed E-state index contributed by atoms with van der Waals surface area (Å²) < 4.78 is 1.90. The van der Waals surface area contributed by atoms with Gasteiger partial charge in [-0.25, -0.2) is 5.43 Å². The summed E-state index contributed by atoms with van der Waals surface area (Å²) in [6, 6.07) is 8.60. The third kappa shape index (κ3) is 3.21. The Hall–Kier alpha value is -2.07. The molecule has 0 spiro atoms. The molecule has 0 atom stereocenters. The van der Waals surface area contributed by atoms with E-state index < -0.39 is 0 Å². The van der Waals surface area contributed by atoms with Crippen molar-refractivity contribution < 1.29 is 4.79 Å². The first-order chi connectivity index (χ1) is 8.65. The monoisotopic (exact) mass is 261 g/mol. The van der Waals surface area contributed by atoms with Crippen LogP contribution < -0.4 is 5.43 Å². The van der Waals surface area contributed by atoms with Crippen LogP contribution in [0.4, 0.5) is 0 Å². The molecule has 92 valence electrons. The van der Waals surface area contributed by atoms with E-state index in [0.29, 0.717) is 10.6 Å². The maximum absolute atomic E-state index is 11.7. The summed E-state index contributed by atoms with van der Waals surface area (Å²) in [5, 5.41) is 4.40. The number of hydrogen-bond donors (Lipinski definition) is 1. The van der Waals surface area contributed by atoms with Gasteiger partial charge in [-0.2, -0.15) is 5.10 Å². The number of hydrogen-bond acceptors (Lipinski definition) is 2. The molecule has 0 bridgehead atoms. The second kappa shape index (κ2) is 5.51. The summed E-state index contributed by atoms with van der Waals surface area (Å²) in [6.07, 6.45) is 5.39. The van der Waals surface area contributed by atoms with Gasteiger partial charge in [-0.05, 0) is 24.3 Å². The summed E-state index contributed by atoms with van der Waals surface area (Å²) in [7, 11) is 1.92. The quantitative estimate of drug-likeness (QED) is 0.669. The first-order valence-electron chi connectivity index (χ1n) is 5.36. The van der Waals surface area contributed by atoms with Crippen LogP contribution in [0.1, 0.15) is 15.9 Å². The largest absolute Gasteiger partial charge is 0.357 e. The molecule has 0 fully saturated rings. The van der Waals surface area contributed by atoms with Crippen molar-refractivity contribution >= 4 is 23.7 Å². The Morgan fingerprint density at radius 1 is 1.44 bits per heavy atom. The molecule has 0 unspecified atom stereocenters. The number of halogens is 1. The summed E-state index contributed by atoms with van der Waals surface area (Å²) in [4.78, 5) is 11.7. The molecule has 0 aliphatic carbocycles. The number of nitrogens with one attached hydrogen (secondary N) is 1. The molecule has 18 heavy (non-hydrogen) atoms. The first-order valence-corrected chi connectivity index (χ1v) is 5.74. The lowest BCUT2D eigenvalue weighted by atomic mass is 10.2. The highest BCUT2D eigenvalue weighted by Gasteiger charge is 2.03. The van der Waals surface area contributed by atoms with Crippen molar-refractivity contribution in [2.75, 3.05) is 0 Å². The van der Waals surface area contributed by atoms with Crippen LogP contribution in [-0.4, -0.2) is 16.7 Å². The number of hydrazone groups is 1. The highest BCUT2D eigenvalue weighted by Crippen LogP contribution is 2.10. The Morgan fingerprint density at radius 3 is 2.94 bits per heavy atom. The molecule has 0 radical (unpaired) electrons. The van der Waals surface area contributed by atoms with Crippen molar-refractivity contribution in [2.24, 2.45) is 12.1 Å². The lowest BCUT2D eigenvalue weighted by Gasteiger charge is -1.99. The molecule has 5 heteroatoms. The summed E-state index contributed by atoms with van der Waals surface area (Å²) in [6.45, 7) is 0. The number of benzene rings is 1.